The third kappa shape index (κ3) is 3.91. The lowest BCUT2D eigenvalue weighted by molar-refractivity contribution is -0.128. The topological polar surface area (TPSA) is 90.0 Å². The SMILES string of the molecule is O=C(O)c1ccc(N2CC[C@H]3[C@@H](C2=O)C(c2cccc(Cl)c2F)[C@]2(C(=O)Nc4cc(Cl)ccc42)N3CC2CC2)cc1. The number of aromatic carboxylic acids is 1. The van der Waals surface area contributed by atoms with Crippen LogP contribution < -0.4 is 10.2 Å². The molecule has 0 bridgehead atoms. The molecule has 210 valence electrons. The summed E-state index contributed by atoms with van der Waals surface area (Å²) in [5, 5.41) is 12.7. The second kappa shape index (κ2) is 9.54. The molecular formula is C31H26Cl2FN3O4. The summed E-state index contributed by atoms with van der Waals surface area (Å²) in [6, 6.07) is 15.8. The Labute approximate surface area is 245 Å². The molecule has 3 aliphatic heterocycles. The van der Waals surface area contributed by atoms with Crippen molar-refractivity contribution in [3.63, 3.8) is 0 Å². The number of hydrogen-bond donors (Lipinski definition) is 2. The molecule has 1 spiro atoms. The number of hydrogen-bond acceptors (Lipinski definition) is 4. The molecule has 3 aromatic carbocycles. The minimum atomic E-state index is -1.35. The van der Waals surface area contributed by atoms with Crippen molar-refractivity contribution in [2.75, 3.05) is 23.3 Å². The number of rotatable bonds is 5. The lowest BCUT2D eigenvalue weighted by Gasteiger charge is -2.40. The minimum Gasteiger partial charge on any atom is -0.478 e. The average Bonchev–Trinajstić information content (AvgIpc) is 3.67. The summed E-state index contributed by atoms with van der Waals surface area (Å²) in [6.45, 7) is 0.986. The third-order valence-corrected chi connectivity index (χ3v) is 9.68. The molecule has 2 N–H and O–H groups in total. The van der Waals surface area contributed by atoms with E-state index in [1.54, 1.807) is 41.3 Å². The minimum absolute atomic E-state index is 0.0750. The third-order valence-electron chi connectivity index (χ3n) is 9.16. The lowest BCUT2D eigenvalue weighted by atomic mass is 9.70. The first-order valence-corrected chi connectivity index (χ1v) is 14.4. The number of nitrogens with one attached hydrogen (secondary N) is 1. The Bertz CT molecular complexity index is 1610. The zero-order valence-corrected chi connectivity index (χ0v) is 23.3. The maximum atomic E-state index is 16.0. The molecule has 1 aliphatic carbocycles. The standard InChI is InChI=1S/C31H26Cl2FN3O4/c32-18-8-11-21-23(14-18)35-30(41)31(21)26(20-2-1-3-22(33)27(20)34)25-24(37(31)15-16-4-5-16)12-13-36(28(25)38)19-9-6-17(7-10-19)29(39)40/h1-3,6-11,14,16,24-26H,4-5,12-13,15H2,(H,35,41)(H,39,40)/t24-,25+,26?,31+/m0/s1. The molecule has 7 nitrogen and oxygen atoms in total. The summed E-state index contributed by atoms with van der Waals surface area (Å²) in [5.74, 6) is -3.49. The van der Waals surface area contributed by atoms with E-state index in [-0.39, 0.29) is 34.0 Å². The number of amides is 2. The van der Waals surface area contributed by atoms with E-state index in [0.29, 0.717) is 47.4 Å². The second-order valence-corrected chi connectivity index (χ2v) is 12.2. The first-order chi connectivity index (χ1) is 19.7. The van der Waals surface area contributed by atoms with Crippen molar-refractivity contribution in [1.82, 2.24) is 4.90 Å². The molecule has 2 saturated heterocycles. The Morgan fingerprint density at radius 2 is 1.80 bits per heavy atom. The molecule has 4 atom stereocenters. The highest BCUT2D eigenvalue weighted by Crippen LogP contribution is 2.62. The highest BCUT2D eigenvalue weighted by Gasteiger charge is 2.70. The molecule has 3 fully saturated rings. The van der Waals surface area contributed by atoms with Crippen LogP contribution in [-0.4, -0.2) is 46.9 Å². The number of carbonyl (C=O) groups is 3. The summed E-state index contributed by atoms with van der Waals surface area (Å²) in [5.41, 5.74) is 0.784. The highest BCUT2D eigenvalue weighted by molar-refractivity contribution is 6.31. The zero-order chi connectivity index (χ0) is 28.6. The average molecular weight is 594 g/mol. The molecule has 1 saturated carbocycles. The van der Waals surface area contributed by atoms with Crippen LogP contribution in [0.1, 0.15) is 46.7 Å². The van der Waals surface area contributed by atoms with E-state index in [1.807, 2.05) is 6.07 Å². The van der Waals surface area contributed by atoms with Gasteiger partial charge >= 0.3 is 5.97 Å². The summed E-state index contributed by atoms with van der Waals surface area (Å²) in [7, 11) is 0. The molecule has 10 heteroatoms. The summed E-state index contributed by atoms with van der Waals surface area (Å²) < 4.78 is 16.0. The van der Waals surface area contributed by atoms with Gasteiger partial charge in [-0.2, -0.15) is 0 Å². The summed E-state index contributed by atoms with van der Waals surface area (Å²) >= 11 is 12.6. The molecule has 41 heavy (non-hydrogen) atoms. The highest BCUT2D eigenvalue weighted by atomic mass is 35.5. The van der Waals surface area contributed by atoms with E-state index in [0.717, 1.165) is 12.8 Å². The van der Waals surface area contributed by atoms with E-state index in [9.17, 15) is 19.5 Å². The Balaban J connectivity index is 1.43. The normalized spacial score (nSPS) is 27.2. The number of carboxylic acid groups (broad SMARTS) is 1. The van der Waals surface area contributed by atoms with Gasteiger partial charge in [0.1, 0.15) is 11.4 Å². The Morgan fingerprint density at radius 1 is 1.05 bits per heavy atom. The predicted molar refractivity (Wildman–Crippen MR) is 153 cm³/mol. The lowest BCUT2D eigenvalue weighted by Crippen LogP contribution is -2.54. The molecule has 3 heterocycles. The second-order valence-electron chi connectivity index (χ2n) is 11.4. The fourth-order valence-corrected chi connectivity index (χ4v) is 7.63. The zero-order valence-electron chi connectivity index (χ0n) is 21.8. The van der Waals surface area contributed by atoms with Gasteiger partial charge in [0.2, 0.25) is 11.8 Å². The first-order valence-electron chi connectivity index (χ1n) is 13.7. The smallest absolute Gasteiger partial charge is 0.335 e. The number of halogens is 3. The van der Waals surface area contributed by atoms with Crippen LogP contribution in [0.15, 0.2) is 60.7 Å². The van der Waals surface area contributed by atoms with Gasteiger partial charge in [0.25, 0.3) is 0 Å². The molecule has 7 rings (SSSR count). The molecule has 3 aromatic rings. The maximum absolute atomic E-state index is 16.0. The van der Waals surface area contributed by atoms with Gasteiger partial charge in [0.15, 0.2) is 0 Å². The van der Waals surface area contributed by atoms with Crippen molar-refractivity contribution in [2.24, 2.45) is 11.8 Å². The number of piperidine rings is 1. The number of fused-ring (bicyclic) bond motifs is 3. The fraction of sp³-hybridized carbons (Fsp3) is 0.323. The Hall–Kier alpha value is -3.46. The van der Waals surface area contributed by atoms with Crippen LogP contribution in [0.3, 0.4) is 0 Å². The number of likely N-dealkylation sites (tertiary alicyclic amines) is 1. The molecular weight excluding hydrogens is 568 g/mol. The van der Waals surface area contributed by atoms with E-state index >= 15 is 4.39 Å². The van der Waals surface area contributed by atoms with Crippen molar-refractivity contribution >= 4 is 52.4 Å². The van der Waals surface area contributed by atoms with E-state index in [2.05, 4.69) is 10.2 Å². The van der Waals surface area contributed by atoms with Gasteiger partial charge < -0.3 is 15.3 Å². The van der Waals surface area contributed by atoms with Crippen LogP contribution in [0.25, 0.3) is 0 Å². The van der Waals surface area contributed by atoms with Crippen LogP contribution in [-0.2, 0) is 15.1 Å². The van der Waals surface area contributed by atoms with Crippen molar-refractivity contribution in [3.8, 4) is 0 Å². The van der Waals surface area contributed by atoms with E-state index in [1.165, 1.54) is 18.2 Å². The van der Waals surface area contributed by atoms with E-state index < -0.39 is 29.2 Å². The van der Waals surface area contributed by atoms with Crippen molar-refractivity contribution in [3.05, 3.63) is 93.2 Å². The maximum Gasteiger partial charge on any atom is 0.335 e. The molecule has 4 aliphatic rings. The van der Waals surface area contributed by atoms with Gasteiger partial charge in [-0.25, -0.2) is 9.18 Å². The van der Waals surface area contributed by atoms with Crippen molar-refractivity contribution < 1.29 is 23.9 Å². The van der Waals surface area contributed by atoms with E-state index in [4.69, 9.17) is 23.2 Å². The molecule has 1 unspecified atom stereocenters. The van der Waals surface area contributed by atoms with Crippen molar-refractivity contribution in [1.29, 1.82) is 0 Å². The summed E-state index contributed by atoms with van der Waals surface area (Å²) in [4.78, 5) is 44.1. The van der Waals surface area contributed by atoms with Crippen LogP contribution >= 0.6 is 23.2 Å². The Morgan fingerprint density at radius 3 is 2.51 bits per heavy atom. The number of carbonyl (C=O) groups excluding carboxylic acids is 2. The number of nitrogens with zero attached hydrogens (tertiary/aromatic N) is 2. The van der Waals surface area contributed by atoms with Crippen LogP contribution in [0.5, 0.6) is 0 Å². The predicted octanol–water partition coefficient (Wildman–Crippen LogP) is 5.91. The quantitative estimate of drug-likeness (QED) is 0.384. The number of carboxylic acids is 1. The molecule has 0 radical (unpaired) electrons. The van der Waals surface area contributed by atoms with Gasteiger partial charge in [0, 0.05) is 47.0 Å². The molecule has 2 amide bonds. The fourth-order valence-electron chi connectivity index (χ4n) is 7.27. The first kappa shape index (κ1) is 26.4. The van der Waals surface area contributed by atoms with Crippen LogP contribution in [0, 0.1) is 17.7 Å². The number of anilines is 2. The van der Waals surface area contributed by atoms with Crippen LogP contribution in [0.4, 0.5) is 15.8 Å². The van der Waals surface area contributed by atoms with Crippen molar-refractivity contribution in [2.45, 2.75) is 36.8 Å². The molecule has 0 aromatic heterocycles. The van der Waals surface area contributed by atoms with Gasteiger partial charge in [-0.1, -0.05) is 41.4 Å². The number of benzene rings is 3. The monoisotopic (exact) mass is 593 g/mol. The van der Waals surface area contributed by atoms with Crippen LogP contribution in [0.2, 0.25) is 10.0 Å². The van der Waals surface area contributed by atoms with Gasteiger partial charge in [0.05, 0.1) is 16.5 Å². The summed E-state index contributed by atoms with van der Waals surface area (Å²) in [6.07, 6.45) is 2.62. The van der Waals surface area contributed by atoms with Gasteiger partial charge in [-0.05, 0) is 73.2 Å². The largest absolute Gasteiger partial charge is 0.478 e. The van der Waals surface area contributed by atoms with Gasteiger partial charge in [-0.3, -0.25) is 14.5 Å². The van der Waals surface area contributed by atoms with Gasteiger partial charge in [-0.15, -0.1) is 0 Å². The Kier molecular flexibility index (Phi) is 6.15.